The summed E-state index contributed by atoms with van der Waals surface area (Å²) in [5.74, 6) is 0.514. The molecule has 0 saturated heterocycles. The van der Waals surface area contributed by atoms with E-state index >= 15 is 0 Å². The molecule has 0 aromatic heterocycles. The molecule has 0 nitrogen and oxygen atoms in total. The van der Waals surface area contributed by atoms with Gasteiger partial charge in [-0.2, -0.15) is 0 Å². The SMILES string of the molecule is Cl[C@@H]1[C@H]2c3ccccc3[C@H](c3cc4c(cc32)CCCC4)[C@@H]1Cl. The predicted molar refractivity (Wildman–Crippen MR) is 92.5 cm³/mol. The molecule has 4 aliphatic carbocycles. The molecule has 0 spiro atoms. The summed E-state index contributed by atoms with van der Waals surface area (Å²) >= 11 is 13.5. The van der Waals surface area contributed by atoms with Gasteiger partial charge in [-0.05, 0) is 59.1 Å². The fourth-order valence-electron chi connectivity index (χ4n) is 4.83. The summed E-state index contributed by atoms with van der Waals surface area (Å²) in [5.41, 5.74) is 8.78. The summed E-state index contributed by atoms with van der Waals surface area (Å²) in [6.45, 7) is 0. The minimum absolute atomic E-state index is 0.00397. The molecule has 6 rings (SSSR count). The highest BCUT2D eigenvalue weighted by Gasteiger charge is 2.48. The Bertz CT molecular complexity index is 700. The van der Waals surface area contributed by atoms with Crippen LogP contribution in [-0.4, -0.2) is 10.8 Å². The monoisotopic (exact) mass is 328 g/mol. The number of hydrogen-bond acceptors (Lipinski definition) is 0. The maximum absolute atomic E-state index is 6.77. The molecule has 0 N–H and O–H groups in total. The zero-order chi connectivity index (χ0) is 14.8. The Morgan fingerprint density at radius 1 is 0.682 bits per heavy atom. The van der Waals surface area contributed by atoms with Gasteiger partial charge in [0.1, 0.15) is 0 Å². The van der Waals surface area contributed by atoms with E-state index in [1.807, 2.05) is 0 Å². The van der Waals surface area contributed by atoms with Crippen LogP contribution in [0.4, 0.5) is 0 Å². The van der Waals surface area contributed by atoms with E-state index in [1.165, 1.54) is 47.9 Å². The second kappa shape index (κ2) is 4.76. The lowest BCUT2D eigenvalue weighted by molar-refractivity contribution is 0.531. The van der Waals surface area contributed by atoms with Gasteiger partial charge in [0, 0.05) is 11.8 Å². The summed E-state index contributed by atoms with van der Waals surface area (Å²) in [5, 5.41) is -0.00795. The molecular weight excluding hydrogens is 311 g/mol. The van der Waals surface area contributed by atoms with Gasteiger partial charge in [-0.25, -0.2) is 0 Å². The van der Waals surface area contributed by atoms with Crippen molar-refractivity contribution >= 4 is 23.2 Å². The van der Waals surface area contributed by atoms with Crippen molar-refractivity contribution in [1.29, 1.82) is 0 Å². The van der Waals surface area contributed by atoms with E-state index in [2.05, 4.69) is 36.4 Å². The summed E-state index contributed by atoms with van der Waals surface area (Å²) in [6, 6.07) is 13.7. The molecule has 0 heterocycles. The van der Waals surface area contributed by atoms with Crippen molar-refractivity contribution in [3.63, 3.8) is 0 Å². The van der Waals surface area contributed by atoms with E-state index < -0.39 is 0 Å². The van der Waals surface area contributed by atoms with Crippen LogP contribution in [0.2, 0.25) is 0 Å². The zero-order valence-corrected chi connectivity index (χ0v) is 13.9. The zero-order valence-electron chi connectivity index (χ0n) is 12.4. The highest BCUT2D eigenvalue weighted by atomic mass is 35.5. The maximum atomic E-state index is 6.77. The Balaban J connectivity index is 1.79. The summed E-state index contributed by atoms with van der Waals surface area (Å²) in [7, 11) is 0. The van der Waals surface area contributed by atoms with Gasteiger partial charge in [0.25, 0.3) is 0 Å². The van der Waals surface area contributed by atoms with E-state index in [9.17, 15) is 0 Å². The topological polar surface area (TPSA) is 0 Å². The molecule has 0 unspecified atom stereocenters. The van der Waals surface area contributed by atoms with Crippen LogP contribution in [-0.2, 0) is 12.8 Å². The first-order chi connectivity index (χ1) is 10.8. The van der Waals surface area contributed by atoms with Gasteiger partial charge in [0.05, 0.1) is 10.8 Å². The van der Waals surface area contributed by atoms with Crippen LogP contribution in [0.3, 0.4) is 0 Å². The second-order valence-corrected chi connectivity index (χ2v) is 7.94. The first-order valence-corrected chi connectivity index (χ1v) is 9.15. The molecule has 0 saturated carbocycles. The van der Waals surface area contributed by atoms with Gasteiger partial charge >= 0.3 is 0 Å². The Hall–Kier alpha value is -0.980. The van der Waals surface area contributed by atoms with Crippen molar-refractivity contribution in [2.45, 2.75) is 48.3 Å². The molecule has 2 aromatic rings. The first kappa shape index (κ1) is 13.5. The molecular formula is C20H18Cl2. The molecule has 112 valence electrons. The number of halogens is 2. The number of fused-ring (bicyclic) bond motifs is 2. The maximum Gasteiger partial charge on any atom is 0.0618 e. The molecule has 22 heavy (non-hydrogen) atoms. The van der Waals surface area contributed by atoms with Crippen molar-refractivity contribution in [3.8, 4) is 0 Å². The molecule has 2 heteroatoms. The highest BCUT2D eigenvalue weighted by molar-refractivity contribution is 6.31. The van der Waals surface area contributed by atoms with E-state index in [4.69, 9.17) is 23.2 Å². The largest absolute Gasteiger partial charge is 0.120 e. The number of benzene rings is 2. The second-order valence-electron chi connectivity index (χ2n) is 6.93. The number of alkyl halides is 2. The third-order valence-corrected chi connectivity index (χ3v) is 7.00. The van der Waals surface area contributed by atoms with Crippen LogP contribution in [0.1, 0.15) is 58.1 Å². The van der Waals surface area contributed by atoms with Crippen molar-refractivity contribution in [2.24, 2.45) is 0 Å². The van der Waals surface area contributed by atoms with Crippen LogP contribution < -0.4 is 0 Å². The fraction of sp³-hybridized carbons (Fsp3) is 0.400. The normalized spacial score (nSPS) is 31.4. The van der Waals surface area contributed by atoms with E-state index in [1.54, 1.807) is 11.1 Å². The van der Waals surface area contributed by atoms with Gasteiger partial charge in [-0.1, -0.05) is 36.4 Å². The third kappa shape index (κ3) is 1.66. The fourth-order valence-corrected chi connectivity index (χ4v) is 5.66. The lowest BCUT2D eigenvalue weighted by Crippen LogP contribution is -2.41. The third-order valence-electron chi connectivity index (χ3n) is 5.82. The Morgan fingerprint density at radius 3 is 1.59 bits per heavy atom. The Labute approximate surface area is 141 Å². The van der Waals surface area contributed by atoms with Crippen LogP contribution in [0, 0.1) is 0 Å². The van der Waals surface area contributed by atoms with Gasteiger partial charge in [0.2, 0.25) is 0 Å². The molecule has 4 atom stereocenters. The van der Waals surface area contributed by atoms with E-state index in [0.717, 1.165) is 0 Å². The lowest BCUT2D eigenvalue weighted by Gasteiger charge is -2.47. The molecule has 2 bridgehead atoms. The van der Waals surface area contributed by atoms with Crippen LogP contribution >= 0.6 is 23.2 Å². The highest BCUT2D eigenvalue weighted by Crippen LogP contribution is 2.56. The van der Waals surface area contributed by atoms with E-state index in [0.29, 0.717) is 0 Å². The molecule has 0 amide bonds. The van der Waals surface area contributed by atoms with Crippen molar-refractivity contribution in [1.82, 2.24) is 0 Å². The quantitative estimate of drug-likeness (QED) is 0.570. The average molecular weight is 329 g/mol. The Morgan fingerprint density at radius 2 is 1.14 bits per heavy atom. The van der Waals surface area contributed by atoms with Gasteiger partial charge in [0.15, 0.2) is 0 Å². The molecule has 0 radical (unpaired) electrons. The van der Waals surface area contributed by atoms with Crippen molar-refractivity contribution < 1.29 is 0 Å². The van der Waals surface area contributed by atoms with Crippen molar-refractivity contribution in [2.75, 3.05) is 0 Å². The van der Waals surface area contributed by atoms with E-state index in [-0.39, 0.29) is 22.6 Å². The number of rotatable bonds is 0. The lowest BCUT2D eigenvalue weighted by atomic mass is 9.62. The molecule has 0 fully saturated rings. The minimum atomic E-state index is -0.00397. The van der Waals surface area contributed by atoms with Gasteiger partial charge in [-0.3, -0.25) is 0 Å². The average Bonchev–Trinajstić information content (AvgIpc) is 2.56. The first-order valence-electron chi connectivity index (χ1n) is 8.28. The van der Waals surface area contributed by atoms with Crippen molar-refractivity contribution in [3.05, 3.63) is 69.8 Å². The molecule has 2 aromatic carbocycles. The summed E-state index contributed by atoms with van der Waals surface area (Å²) in [6.07, 6.45) is 5.08. The van der Waals surface area contributed by atoms with Gasteiger partial charge < -0.3 is 0 Å². The summed E-state index contributed by atoms with van der Waals surface area (Å²) in [4.78, 5) is 0. The molecule has 0 aliphatic heterocycles. The smallest absolute Gasteiger partial charge is 0.0618 e. The minimum Gasteiger partial charge on any atom is -0.120 e. The molecule has 4 aliphatic rings. The summed E-state index contributed by atoms with van der Waals surface area (Å²) < 4.78 is 0. The van der Waals surface area contributed by atoms with Gasteiger partial charge in [-0.15, -0.1) is 23.2 Å². The standard InChI is InChI=1S/C20H18Cl2/c21-19-17-13-7-3-4-8-14(13)18(20(19)22)16-10-12-6-2-1-5-11(12)9-15(16)17/h3-4,7-10,17-20H,1-2,5-6H2/t17-,18+,19+,20-. The number of aryl methyl sites for hydroxylation is 2. The van der Waals surface area contributed by atoms with Crippen LogP contribution in [0.5, 0.6) is 0 Å². The predicted octanol–water partition coefficient (Wildman–Crippen LogP) is 5.37. The van der Waals surface area contributed by atoms with Crippen LogP contribution in [0.15, 0.2) is 36.4 Å². The van der Waals surface area contributed by atoms with Crippen LogP contribution in [0.25, 0.3) is 0 Å². The number of hydrogen-bond donors (Lipinski definition) is 0. The Kier molecular flexibility index (Phi) is 2.91.